The maximum Gasteiger partial charge on any atom is 0.159 e. The molecular formula is C45H30N8. The number of benzene rings is 4. The second-order valence-corrected chi connectivity index (χ2v) is 14.1. The van der Waals surface area contributed by atoms with Gasteiger partial charge in [0.1, 0.15) is 5.82 Å². The fourth-order valence-corrected chi connectivity index (χ4v) is 9.32. The van der Waals surface area contributed by atoms with Gasteiger partial charge in [-0.25, -0.2) is 15.0 Å². The van der Waals surface area contributed by atoms with Crippen molar-refractivity contribution in [3.05, 3.63) is 151 Å². The molecule has 2 aliphatic carbocycles. The summed E-state index contributed by atoms with van der Waals surface area (Å²) in [5.74, 6) is 1.61. The molecule has 0 spiro atoms. The third-order valence-electron chi connectivity index (χ3n) is 11.4. The van der Waals surface area contributed by atoms with Gasteiger partial charge in [-0.3, -0.25) is 9.97 Å². The highest BCUT2D eigenvalue weighted by atomic mass is 15.0. The van der Waals surface area contributed by atoms with Crippen LogP contribution >= 0.6 is 0 Å². The Kier molecular flexibility index (Phi) is 5.85. The van der Waals surface area contributed by atoms with E-state index >= 15 is 0 Å². The Morgan fingerprint density at radius 1 is 0.509 bits per heavy atom. The van der Waals surface area contributed by atoms with Crippen molar-refractivity contribution in [1.82, 2.24) is 39.0 Å². The first-order valence-electron chi connectivity index (χ1n) is 18.1. The van der Waals surface area contributed by atoms with Crippen molar-refractivity contribution >= 4 is 43.6 Å². The molecule has 0 radical (unpaired) electrons. The summed E-state index contributed by atoms with van der Waals surface area (Å²) in [6, 6.07) is 28.6. The summed E-state index contributed by atoms with van der Waals surface area (Å²) in [6.45, 7) is 0. The van der Waals surface area contributed by atoms with Crippen LogP contribution < -0.4 is 0 Å². The lowest BCUT2D eigenvalue weighted by Crippen LogP contribution is -2.16. The fourth-order valence-electron chi connectivity index (χ4n) is 9.32. The summed E-state index contributed by atoms with van der Waals surface area (Å²) >= 11 is 0. The van der Waals surface area contributed by atoms with Crippen LogP contribution in [0.25, 0.3) is 88.9 Å². The van der Waals surface area contributed by atoms with Crippen LogP contribution in [0.15, 0.2) is 128 Å². The van der Waals surface area contributed by atoms with Gasteiger partial charge in [0.05, 0.1) is 45.8 Å². The summed E-state index contributed by atoms with van der Waals surface area (Å²) in [5.41, 5.74) is 17.7. The standard InChI is InChI=1S/C45H30N8/c1-4-30(24-46-14-1)52-38-12-8-28(44-48-16-3-17-49-44)22-34(38)36-20-26-6-7-27-21-37-35-23-29(45-50-18-19-51-45)9-13-39(35)53(31-5-2-15-47-25-31)43(37)33-11-10-32(42(36)52)40(26)41(27)33/h1-5,8-9,12-25H,6-7,10-11H2,(H,50,51). The summed E-state index contributed by atoms with van der Waals surface area (Å²) < 4.78 is 4.88. The van der Waals surface area contributed by atoms with Crippen LogP contribution in [0.3, 0.4) is 0 Å². The molecule has 0 atom stereocenters. The van der Waals surface area contributed by atoms with Crippen LogP contribution in [0.2, 0.25) is 0 Å². The number of H-pyrrole nitrogens is 1. The van der Waals surface area contributed by atoms with Crippen molar-refractivity contribution in [3.63, 3.8) is 0 Å². The number of fused-ring (bicyclic) bond motifs is 8. The number of aromatic nitrogens is 8. The zero-order chi connectivity index (χ0) is 34.6. The molecule has 6 aromatic heterocycles. The minimum absolute atomic E-state index is 0.735. The van der Waals surface area contributed by atoms with E-state index in [-0.39, 0.29) is 0 Å². The van der Waals surface area contributed by atoms with E-state index in [1.807, 2.05) is 67.8 Å². The van der Waals surface area contributed by atoms with E-state index in [2.05, 4.69) is 99.7 Å². The lowest BCUT2D eigenvalue weighted by molar-refractivity contribution is 0.883. The Morgan fingerprint density at radius 2 is 1.09 bits per heavy atom. The molecule has 12 rings (SSSR count). The molecule has 8 heteroatoms. The minimum atomic E-state index is 0.735. The molecule has 0 fully saturated rings. The SMILES string of the molecule is c1cnc(-c2ccc3c(c2)c2cc4c5c(c2n3-c2cccnc2)CCc2c-5c(cc3c5cc(-c6ncc[nH]6)ccc5n(-c5cccnc5)c23)CC4)nc1. The van der Waals surface area contributed by atoms with E-state index in [4.69, 9.17) is 0 Å². The first-order chi connectivity index (χ1) is 26.3. The lowest BCUT2D eigenvalue weighted by Gasteiger charge is -2.31. The van der Waals surface area contributed by atoms with Crippen molar-refractivity contribution in [3.8, 4) is 45.3 Å². The summed E-state index contributed by atoms with van der Waals surface area (Å²) in [4.78, 5) is 26.2. The molecule has 2 aliphatic rings. The Hall–Kier alpha value is -6.93. The summed E-state index contributed by atoms with van der Waals surface area (Å²) in [5, 5.41) is 5.01. The smallest absolute Gasteiger partial charge is 0.159 e. The van der Waals surface area contributed by atoms with Gasteiger partial charge in [-0.05, 0) is 138 Å². The molecule has 250 valence electrons. The maximum absolute atomic E-state index is 4.59. The highest BCUT2D eigenvalue weighted by Gasteiger charge is 2.33. The van der Waals surface area contributed by atoms with E-state index in [0.29, 0.717) is 0 Å². The monoisotopic (exact) mass is 682 g/mol. The molecule has 0 unspecified atom stereocenters. The molecule has 1 N–H and O–H groups in total. The molecule has 0 saturated heterocycles. The highest BCUT2D eigenvalue weighted by Crippen LogP contribution is 2.51. The largest absolute Gasteiger partial charge is 0.345 e. The minimum Gasteiger partial charge on any atom is -0.345 e. The molecule has 6 heterocycles. The van der Waals surface area contributed by atoms with Gasteiger partial charge in [-0.2, -0.15) is 0 Å². The van der Waals surface area contributed by atoms with Gasteiger partial charge in [0.25, 0.3) is 0 Å². The molecular weight excluding hydrogens is 653 g/mol. The average molecular weight is 683 g/mol. The molecule has 8 nitrogen and oxygen atoms in total. The van der Waals surface area contributed by atoms with Gasteiger partial charge in [0, 0.05) is 69.9 Å². The van der Waals surface area contributed by atoms with Gasteiger partial charge < -0.3 is 14.1 Å². The van der Waals surface area contributed by atoms with E-state index in [1.165, 1.54) is 71.5 Å². The molecule has 4 aromatic carbocycles. The van der Waals surface area contributed by atoms with Crippen LogP contribution in [-0.4, -0.2) is 39.0 Å². The number of pyridine rings is 2. The van der Waals surface area contributed by atoms with Crippen molar-refractivity contribution < 1.29 is 0 Å². The highest BCUT2D eigenvalue weighted by molar-refractivity contribution is 6.16. The summed E-state index contributed by atoms with van der Waals surface area (Å²) in [6.07, 6.45) is 18.8. The topological polar surface area (TPSA) is 90.1 Å². The zero-order valence-corrected chi connectivity index (χ0v) is 28.6. The van der Waals surface area contributed by atoms with Gasteiger partial charge in [-0.1, -0.05) is 0 Å². The van der Waals surface area contributed by atoms with Crippen molar-refractivity contribution in [1.29, 1.82) is 0 Å². The first-order valence-corrected chi connectivity index (χ1v) is 18.1. The van der Waals surface area contributed by atoms with Crippen molar-refractivity contribution in [2.45, 2.75) is 25.7 Å². The average Bonchev–Trinajstić information content (AvgIpc) is 3.96. The predicted octanol–water partition coefficient (Wildman–Crippen LogP) is 9.38. The number of hydrogen-bond acceptors (Lipinski definition) is 5. The number of rotatable bonds is 4. The Bertz CT molecular complexity index is 3090. The maximum atomic E-state index is 4.59. The van der Waals surface area contributed by atoms with E-state index in [1.54, 1.807) is 0 Å². The Labute approximate surface area is 303 Å². The van der Waals surface area contributed by atoms with Gasteiger partial charge in [0.15, 0.2) is 5.82 Å². The zero-order valence-electron chi connectivity index (χ0n) is 28.6. The third kappa shape index (κ3) is 4.03. The van der Waals surface area contributed by atoms with Crippen LogP contribution in [0.5, 0.6) is 0 Å². The number of imidazole rings is 1. The molecule has 0 bridgehead atoms. The Balaban J connectivity index is 1.18. The normalized spacial score (nSPS) is 13.4. The number of aryl methyl sites for hydroxylation is 4. The van der Waals surface area contributed by atoms with Crippen molar-refractivity contribution in [2.75, 3.05) is 0 Å². The second-order valence-electron chi connectivity index (χ2n) is 14.1. The van der Waals surface area contributed by atoms with E-state index in [0.717, 1.165) is 65.4 Å². The van der Waals surface area contributed by atoms with Gasteiger partial charge >= 0.3 is 0 Å². The number of nitrogens with zero attached hydrogens (tertiary/aromatic N) is 7. The van der Waals surface area contributed by atoms with E-state index < -0.39 is 0 Å². The molecule has 0 saturated carbocycles. The first kappa shape index (κ1) is 28.7. The quantitative estimate of drug-likeness (QED) is 0.200. The molecule has 0 aliphatic heterocycles. The number of aromatic amines is 1. The Morgan fingerprint density at radius 3 is 1.64 bits per heavy atom. The van der Waals surface area contributed by atoms with Crippen LogP contribution in [0.1, 0.15) is 22.3 Å². The summed E-state index contributed by atoms with van der Waals surface area (Å²) in [7, 11) is 0. The van der Waals surface area contributed by atoms with Gasteiger partial charge in [0.2, 0.25) is 0 Å². The van der Waals surface area contributed by atoms with Crippen LogP contribution in [0, 0.1) is 0 Å². The number of hydrogen-bond donors (Lipinski definition) is 1. The third-order valence-corrected chi connectivity index (χ3v) is 11.4. The predicted molar refractivity (Wildman–Crippen MR) is 210 cm³/mol. The van der Waals surface area contributed by atoms with Crippen molar-refractivity contribution in [2.24, 2.45) is 0 Å². The van der Waals surface area contributed by atoms with E-state index in [9.17, 15) is 0 Å². The fraction of sp³-hybridized carbons (Fsp3) is 0.0889. The lowest BCUT2D eigenvalue weighted by atomic mass is 9.74. The van der Waals surface area contributed by atoms with Gasteiger partial charge in [-0.15, -0.1) is 0 Å². The number of nitrogens with one attached hydrogen (secondary N) is 1. The van der Waals surface area contributed by atoms with Crippen LogP contribution in [0.4, 0.5) is 0 Å². The molecule has 53 heavy (non-hydrogen) atoms. The molecule has 0 amide bonds. The molecule has 10 aromatic rings. The second kappa shape index (κ2) is 10.8. The van der Waals surface area contributed by atoms with Crippen LogP contribution in [-0.2, 0) is 25.7 Å².